The van der Waals surface area contributed by atoms with Crippen LogP contribution in [0.4, 0.5) is 20.6 Å². The molecule has 0 bridgehead atoms. The van der Waals surface area contributed by atoms with E-state index in [1.165, 1.54) is 18.2 Å². The van der Waals surface area contributed by atoms with Crippen molar-refractivity contribution in [3.63, 3.8) is 0 Å². The number of amides is 5. The number of anilines is 2. The van der Waals surface area contributed by atoms with Crippen molar-refractivity contribution in [2.24, 2.45) is 0 Å². The number of para-hydroxylation sites is 1. The number of carbonyl (C=O) groups excluding carboxylic acids is 4. The molecule has 0 radical (unpaired) electrons. The van der Waals surface area contributed by atoms with Crippen LogP contribution in [0.1, 0.15) is 12.5 Å². The highest BCUT2D eigenvalue weighted by molar-refractivity contribution is 14.1. The van der Waals surface area contributed by atoms with Gasteiger partial charge in [-0.1, -0.05) is 18.2 Å². The fourth-order valence-electron chi connectivity index (χ4n) is 3.58. The smallest absolute Gasteiger partial charge is 0.335 e. The van der Waals surface area contributed by atoms with Crippen molar-refractivity contribution in [2.75, 3.05) is 23.4 Å². The number of hydrogen-bond donors (Lipinski definition) is 2. The summed E-state index contributed by atoms with van der Waals surface area (Å²) in [5.74, 6) is -2.02. The Morgan fingerprint density at radius 2 is 1.76 bits per heavy atom. The van der Waals surface area contributed by atoms with Gasteiger partial charge >= 0.3 is 6.03 Å². The van der Waals surface area contributed by atoms with Gasteiger partial charge in [-0.05, 0) is 89.7 Å². The Kier molecular flexibility index (Phi) is 8.36. The lowest BCUT2D eigenvalue weighted by Gasteiger charge is -2.26. The van der Waals surface area contributed by atoms with Gasteiger partial charge in [-0.25, -0.2) is 14.1 Å². The van der Waals surface area contributed by atoms with Gasteiger partial charge in [0.1, 0.15) is 11.4 Å². The highest BCUT2D eigenvalue weighted by Crippen LogP contribution is 2.35. The van der Waals surface area contributed by atoms with Crippen molar-refractivity contribution in [1.29, 1.82) is 0 Å². The van der Waals surface area contributed by atoms with Crippen LogP contribution in [0.5, 0.6) is 11.5 Å². The monoisotopic (exact) mass is 629 g/mol. The maximum atomic E-state index is 13.3. The molecular weight excluding hydrogens is 608 g/mol. The van der Waals surface area contributed by atoms with Crippen LogP contribution in [0.2, 0.25) is 0 Å². The van der Waals surface area contributed by atoms with Crippen molar-refractivity contribution in [2.45, 2.75) is 6.92 Å². The minimum absolute atomic E-state index is 0.106. The number of benzene rings is 3. The van der Waals surface area contributed by atoms with Gasteiger partial charge in [0.25, 0.3) is 17.7 Å². The molecule has 38 heavy (non-hydrogen) atoms. The number of ether oxygens (including phenoxy) is 2. The van der Waals surface area contributed by atoms with E-state index in [4.69, 9.17) is 9.47 Å². The van der Waals surface area contributed by atoms with Gasteiger partial charge in [0.15, 0.2) is 18.1 Å². The topological polar surface area (TPSA) is 114 Å². The zero-order chi connectivity index (χ0) is 27.2. The average molecular weight is 629 g/mol. The predicted octanol–water partition coefficient (Wildman–Crippen LogP) is 4.51. The number of imide groups is 2. The third-order valence-electron chi connectivity index (χ3n) is 5.23. The molecule has 194 valence electrons. The molecule has 1 fully saturated rings. The third-order valence-corrected chi connectivity index (χ3v) is 6.04. The lowest BCUT2D eigenvalue weighted by atomic mass is 10.1. The second kappa shape index (κ2) is 11.9. The zero-order valence-electron chi connectivity index (χ0n) is 20.0. The first-order valence-electron chi connectivity index (χ1n) is 11.4. The first-order chi connectivity index (χ1) is 18.3. The van der Waals surface area contributed by atoms with Crippen LogP contribution in [0, 0.1) is 9.39 Å². The first-order valence-corrected chi connectivity index (χ1v) is 12.5. The molecule has 5 amide bonds. The molecule has 0 atom stereocenters. The molecule has 1 heterocycles. The molecule has 0 aliphatic carbocycles. The predicted molar refractivity (Wildman–Crippen MR) is 146 cm³/mol. The summed E-state index contributed by atoms with van der Waals surface area (Å²) in [5, 5.41) is 4.86. The Balaban J connectivity index is 1.58. The van der Waals surface area contributed by atoms with E-state index in [0.717, 1.165) is 17.0 Å². The van der Waals surface area contributed by atoms with Gasteiger partial charge < -0.3 is 14.8 Å². The Hall–Kier alpha value is -4.26. The molecule has 9 nitrogen and oxygen atoms in total. The number of urea groups is 1. The van der Waals surface area contributed by atoms with Gasteiger partial charge in [-0.3, -0.25) is 19.7 Å². The molecule has 3 aromatic carbocycles. The number of barbiturate groups is 1. The normalized spacial score (nSPS) is 14.3. The molecular formula is C27H21FIN3O6. The first kappa shape index (κ1) is 26.8. The molecule has 4 rings (SSSR count). The van der Waals surface area contributed by atoms with Crippen molar-refractivity contribution < 1.29 is 33.0 Å². The largest absolute Gasteiger partial charge is 0.490 e. The Morgan fingerprint density at radius 3 is 2.45 bits per heavy atom. The van der Waals surface area contributed by atoms with Crippen molar-refractivity contribution in [3.8, 4) is 11.5 Å². The van der Waals surface area contributed by atoms with Crippen molar-refractivity contribution in [1.82, 2.24) is 5.32 Å². The highest BCUT2D eigenvalue weighted by atomic mass is 127. The number of nitrogens with one attached hydrogen (secondary N) is 2. The Morgan fingerprint density at radius 1 is 1.05 bits per heavy atom. The van der Waals surface area contributed by atoms with Gasteiger partial charge in [0.05, 0.1) is 15.9 Å². The fraction of sp³-hybridized carbons (Fsp3) is 0.111. The molecule has 0 spiro atoms. The van der Waals surface area contributed by atoms with E-state index in [1.54, 1.807) is 43.3 Å². The summed E-state index contributed by atoms with van der Waals surface area (Å²) >= 11 is 1.99. The summed E-state index contributed by atoms with van der Waals surface area (Å²) in [7, 11) is 0. The highest BCUT2D eigenvalue weighted by Gasteiger charge is 2.37. The maximum absolute atomic E-state index is 13.3. The molecule has 0 unspecified atom stereocenters. The SMILES string of the molecule is CCOc1cc(/C=C2\C(=O)NC(=O)N(c3ccc(F)cc3)C2=O)cc(I)c1OCC(=O)Nc1ccccc1. The zero-order valence-corrected chi connectivity index (χ0v) is 22.2. The fourth-order valence-corrected chi connectivity index (χ4v) is 4.36. The van der Waals surface area contributed by atoms with Crippen LogP contribution in [-0.4, -0.2) is 37.0 Å². The number of halogens is 2. The summed E-state index contributed by atoms with van der Waals surface area (Å²) in [6.07, 6.45) is 1.32. The molecule has 0 saturated carbocycles. The molecule has 3 aromatic rings. The molecule has 11 heteroatoms. The van der Waals surface area contributed by atoms with Gasteiger partial charge in [-0.2, -0.15) is 0 Å². The number of nitrogens with zero attached hydrogens (tertiary/aromatic N) is 1. The second-order valence-corrected chi connectivity index (χ2v) is 9.06. The van der Waals surface area contributed by atoms with Gasteiger partial charge in [0.2, 0.25) is 0 Å². The lowest BCUT2D eigenvalue weighted by Crippen LogP contribution is -2.54. The quantitative estimate of drug-likeness (QED) is 0.216. The van der Waals surface area contributed by atoms with E-state index in [1.807, 2.05) is 28.7 Å². The summed E-state index contributed by atoms with van der Waals surface area (Å²) in [6, 6.07) is 15.9. The maximum Gasteiger partial charge on any atom is 0.335 e. The van der Waals surface area contributed by atoms with E-state index in [0.29, 0.717) is 26.3 Å². The third kappa shape index (κ3) is 6.17. The molecule has 0 aromatic heterocycles. The summed E-state index contributed by atoms with van der Waals surface area (Å²) < 4.78 is 25.3. The van der Waals surface area contributed by atoms with E-state index >= 15 is 0 Å². The van der Waals surface area contributed by atoms with E-state index in [2.05, 4.69) is 10.6 Å². The van der Waals surface area contributed by atoms with E-state index in [9.17, 15) is 23.6 Å². The van der Waals surface area contributed by atoms with Crippen LogP contribution in [0.3, 0.4) is 0 Å². The van der Waals surface area contributed by atoms with Crippen LogP contribution < -0.4 is 25.0 Å². The van der Waals surface area contributed by atoms with Crippen LogP contribution in [-0.2, 0) is 14.4 Å². The molecule has 1 saturated heterocycles. The van der Waals surface area contributed by atoms with Crippen molar-refractivity contribution in [3.05, 3.63) is 87.3 Å². The average Bonchev–Trinajstić information content (AvgIpc) is 2.88. The number of carbonyl (C=O) groups is 4. The number of rotatable bonds is 8. The molecule has 1 aliphatic rings. The van der Waals surface area contributed by atoms with E-state index in [-0.39, 0.29) is 30.4 Å². The molecule has 1 aliphatic heterocycles. The van der Waals surface area contributed by atoms with Gasteiger partial charge in [-0.15, -0.1) is 0 Å². The second-order valence-electron chi connectivity index (χ2n) is 7.90. The lowest BCUT2D eigenvalue weighted by molar-refractivity contribution is -0.122. The minimum Gasteiger partial charge on any atom is -0.490 e. The van der Waals surface area contributed by atoms with Crippen LogP contribution >= 0.6 is 22.6 Å². The van der Waals surface area contributed by atoms with Crippen molar-refractivity contribution >= 4 is 63.8 Å². The molecule has 2 N–H and O–H groups in total. The summed E-state index contributed by atoms with van der Waals surface area (Å²) in [5.41, 5.74) is 0.856. The van der Waals surface area contributed by atoms with Crippen LogP contribution in [0.25, 0.3) is 6.08 Å². The van der Waals surface area contributed by atoms with Crippen LogP contribution in [0.15, 0.2) is 72.3 Å². The minimum atomic E-state index is -0.939. The van der Waals surface area contributed by atoms with E-state index < -0.39 is 23.7 Å². The standard InChI is InChI=1S/C27H21FIN3O6/c1-2-37-22-14-16(13-21(29)24(22)38-15-23(33)30-18-6-4-3-5-7-18)12-20-25(34)31-27(36)32(26(20)35)19-10-8-17(28)9-11-19/h3-14H,2,15H2,1H3,(H,30,33)(H,31,34,36)/b20-12+. The number of hydrogen-bond acceptors (Lipinski definition) is 6. The summed E-state index contributed by atoms with van der Waals surface area (Å²) in [4.78, 5) is 51.1. The summed E-state index contributed by atoms with van der Waals surface area (Å²) in [6.45, 7) is 1.78. The Labute approximate surface area is 230 Å². The Bertz CT molecular complexity index is 1430. The van der Waals surface area contributed by atoms with Gasteiger partial charge in [0, 0.05) is 5.69 Å².